The lowest BCUT2D eigenvalue weighted by atomic mass is 9.81. The number of fused-ring (bicyclic) bond motifs is 1. The second kappa shape index (κ2) is 6.86. The quantitative estimate of drug-likeness (QED) is 0.786. The molecular formula is C20H19FN2O3. The number of rotatable bonds is 4. The molecular weight excluding hydrogens is 335 g/mol. The Labute approximate surface area is 150 Å². The molecule has 1 aliphatic carbocycles. The molecule has 1 saturated carbocycles. The Morgan fingerprint density at radius 1 is 1.12 bits per heavy atom. The minimum Gasteiger partial charge on any atom is -0.453 e. The Kier molecular flexibility index (Phi) is 4.41. The molecule has 0 radical (unpaired) electrons. The number of pyridine rings is 1. The normalized spacial score (nSPS) is 22.4. The van der Waals surface area contributed by atoms with Gasteiger partial charge in [0.05, 0.1) is 24.6 Å². The van der Waals surface area contributed by atoms with E-state index in [0.29, 0.717) is 11.3 Å². The van der Waals surface area contributed by atoms with Gasteiger partial charge in [0.25, 0.3) is 0 Å². The molecule has 2 aliphatic rings. The van der Waals surface area contributed by atoms with E-state index in [1.165, 1.54) is 23.2 Å². The number of hydrogen-bond acceptors (Lipinski definition) is 4. The van der Waals surface area contributed by atoms with E-state index in [1.54, 1.807) is 24.4 Å². The number of imide groups is 1. The molecule has 1 aliphatic heterocycles. The van der Waals surface area contributed by atoms with Crippen molar-refractivity contribution in [3.05, 3.63) is 54.1 Å². The smallest absolute Gasteiger partial charge is 0.233 e. The minimum atomic E-state index is -0.539. The van der Waals surface area contributed by atoms with Gasteiger partial charge in [-0.1, -0.05) is 18.9 Å². The molecule has 2 amide bonds. The Morgan fingerprint density at radius 2 is 1.85 bits per heavy atom. The first-order valence-electron chi connectivity index (χ1n) is 8.85. The summed E-state index contributed by atoms with van der Waals surface area (Å²) in [7, 11) is 0. The van der Waals surface area contributed by atoms with Gasteiger partial charge in [0.2, 0.25) is 11.8 Å². The number of benzene rings is 1. The number of nitrogens with zero attached hydrogens (tertiary/aromatic N) is 2. The van der Waals surface area contributed by atoms with Crippen LogP contribution in [0.5, 0.6) is 11.5 Å². The number of carbonyl (C=O) groups is 2. The molecule has 4 rings (SSSR count). The predicted molar refractivity (Wildman–Crippen MR) is 91.7 cm³/mol. The van der Waals surface area contributed by atoms with Gasteiger partial charge in [-0.05, 0) is 42.7 Å². The Bertz CT molecular complexity index is 816. The summed E-state index contributed by atoms with van der Waals surface area (Å²) in [6.07, 6.45) is 6.63. The number of likely N-dealkylation sites (tertiary alicyclic amines) is 1. The van der Waals surface area contributed by atoms with E-state index in [0.717, 1.165) is 25.7 Å². The van der Waals surface area contributed by atoms with Crippen molar-refractivity contribution in [1.29, 1.82) is 0 Å². The monoisotopic (exact) mass is 354 g/mol. The molecule has 0 spiro atoms. The average Bonchev–Trinajstić information content (AvgIpc) is 2.90. The van der Waals surface area contributed by atoms with Crippen LogP contribution in [0.2, 0.25) is 0 Å². The fraction of sp³-hybridized carbons (Fsp3) is 0.350. The minimum absolute atomic E-state index is 0.0782. The fourth-order valence-corrected chi connectivity index (χ4v) is 3.83. The number of halogens is 1. The summed E-state index contributed by atoms with van der Waals surface area (Å²) in [4.78, 5) is 30.3. The number of aromatic nitrogens is 1. The van der Waals surface area contributed by atoms with Crippen LogP contribution in [-0.2, 0) is 16.1 Å². The van der Waals surface area contributed by atoms with Crippen molar-refractivity contribution in [2.75, 3.05) is 0 Å². The summed E-state index contributed by atoms with van der Waals surface area (Å²) >= 11 is 0. The van der Waals surface area contributed by atoms with Crippen molar-refractivity contribution < 1.29 is 18.7 Å². The molecule has 134 valence electrons. The van der Waals surface area contributed by atoms with Gasteiger partial charge in [-0.25, -0.2) is 4.39 Å². The number of ether oxygens (including phenoxy) is 1. The highest BCUT2D eigenvalue weighted by molar-refractivity contribution is 6.05. The van der Waals surface area contributed by atoms with Crippen molar-refractivity contribution >= 4 is 11.8 Å². The molecule has 0 bridgehead atoms. The lowest BCUT2D eigenvalue weighted by molar-refractivity contribution is -0.140. The molecule has 5 nitrogen and oxygen atoms in total. The standard InChI is InChI=1S/C20H19FN2O3/c21-17-10-13(7-8-18(17)26-14-4-3-9-22-11-14)12-23-19(24)15-5-1-2-6-16(15)20(23)25/h3-4,7-11,15-16H,1-2,5-6,12H2/t15-,16+. The molecule has 26 heavy (non-hydrogen) atoms. The zero-order valence-corrected chi connectivity index (χ0v) is 14.2. The van der Waals surface area contributed by atoms with Crippen LogP contribution < -0.4 is 4.74 Å². The van der Waals surface area contributed by atoms with Crippen LogP contribution in [0.4, 0.5) is 4.39 Å². The third kappa shape index (κ3) is 3.07. The summed E-state index contributed by atoms with van der Waals surface area (Å²) in [6.45, 7) is 0.106. The number of amides is 2. The lowest BCUT2D eigenvalue weighted by Crippen LogP contribution is -2.30. The van der Waals surface area contributed by atoms with Crippen LogP contribution in [0.25, 0.3) is 0 Å². The maximum atomic E-state index is 14.4. The van der Waals surface area contributed by atoms with E-state index in [-0.39, 0.29) is 35.9 Å². The van der Waals surface area contributed by atoms with Crippen LogP contribution in [-0.4, -0.2) is 21.7 Å². The van der Waals surface area contributed by atoms with Crippen molar-refractivity contribution in [2.24, 2.45) is 11.8 Å². The molecule has 1 aromatic carbocycles. The molecule has 2 fully saturated rings. The van der Waals surface area contributed by atoms with Gasteiger partial charge in [0, 0.05) is 6.20 Å². The summed E-state index contributed by atoms with van der Waals surface area (Å²) < 4.78 is 19.8. The first-order valence-corrected chi connectivity index (χ1v) is 8.85. The second-order valence-electron chi connectivity index (χ2n) is 6.82. The zero-order chi connectivity index (χ0) is 18.1. The summed E-state index contributed by atoms with van der Waals surface area (Å²) in [6, 6.07) is 7.89. The van der Waals surface area contributed by atoms with Gasteiger partial charge in [-0.15, -0.1) is 0 Å². The molecule has 0 N–H and O–H groups in total. The van der Waals surface area contributed by atoms with Crippen molar-refractivity contribution in [3.8, 4) is 11.5 Å². The first-order chi connectivity index (χ1) is 12.6. The van der Waals surface area contributed by atoms with Gasteiger partial charge in [-0.3, -0.25) is 19.5 Å². The van der Waals surface area contributed by atoms with Gasteiger partial charge in [-0.2, -0.15) is 0 Å². The highest BCUT2D eigenvalue weighted by Crippen LogP contribution is 2.38. The first kappa shape index (κ1) is 16.7. The lowest BCUT2D eigenvalue weighted by Gasteiger charge is -2.19. The number of hydrogen-bond donors (Lipinski definition) is 0. The second-order valence-corrected chi connectivity index (χ2v) is 6.82. The molecule has 0 unspecified atom stereocenters. The van der Waals surface area contributed by atoms with Crippen molar-refractivity contribution in [2.45, 2.75) is 32.2 Å². The maximum absolute atomic E-state index is 14.4. The van der Waals surface area contributed by atoms with E-state index in [1.807, 2.05) is 0 Å². The average molecular weight is 354 g/mol. The van der Waals surface area contributed by atoms with Gasteiger partial charge < -0.3 is 4.74 Å². The number of carbonyl (C=O) groups excluding carboxylic acids is 2. The van der Waals surface area contributed by atoms with Crippen LogP contribution in [0.1, 0.15) is 31.2 Å². The predicted octanol–water partition coefficient (Wildman–Crippen LogP) is 3.69. The summed E-state index contributed by atoms with van der Waals surface area (Å²) in [5.74, 6) is -0.624. The molecule has 1 saturated heterocycles. The SMILES string of the molecule is O=C1[C@H]2CCCC[C@H]2C(=O)N1Cc1ccc(Oc2cccnc2)c(F)c1. The molecule has 2 heterocycles. The highest BCUT2D eigenvalue weighted by atomic mass is 19.1. The van der Waals surface area contributed by atoms with E-state index >= 15 is 0 Å². The van der Waals surface area contributed by atoms with Gasteiger partial charge in [0.1, 0.15) is 5.75 Å². The van der Waals surface area contributed by atoms with Gasteiger partial charge in [0.15, 0.2) is 11.6 Å². The van der Waals surface area contributed by atoms with Crippen molar-refractivity contribution in [1.82, 2.24) is 9.88 Å². The Balaban J connectivity index is 1.49. The molecule has 6 heteroatoms. The van der Waals surface area contributed by atoms with E-state index in [4.69, 9.17) is 4.74 Å². The maximum Gasteiger partial charge on any atom is 0.233 e. The zero-order valence-electron chi connectivity index (χ0n) is 14.2. The Hall–Kier alpha value is -2.76. The summed E-state index contributed by atoms with van der Waals surface area (Å²) in [5, 5.41) is 0. The molecule has 2 atom stereocenters. The van der Waals surface area contributed by atoms with E-state index < -0.39 is 5.82 Å². The van der Waals surface area contributed by atoms with Gasteiger partial charge >= 0.3 is 0 Å². The third-order valence-electron chi connectivity index (χ3n) is 5.13. The Morgan fingerprint density at radius 3 is 2.46 bits per heavy atom. The summed E-state index contributed by atoms with van der Waals surface area (Å²) in [5.41, 5.74) is 0.571. The molecule has 1 aromatic heterocycles. The van der Waals surface area contributed by atoms with Crippen molar-refractivity contribution in [3.63, 3.8) is 0 Å². The van der Waals surface area contributed by atoms with Crippen LogP contribution in [0.3, 0.4) is 0 Å². The van der Waals surface area contributed by atoms with Crippen LogP contribution >= 0.6 is 0 Å². The van der Waals surface area contributed by atoms with E-state index in [2.05, 4.69) is 4.98 Å². The largest absolute Gasteiger partial charge is 0.453 e. The fourth-order valence-electron chi connectivity index (χ4n) is 3.83. The van der Waals surface area contributed by atoms with Crippen LogP contribution in [0, 0.1) is 17.7 Å². The third-order valence-corrected chi connectivity index (χ3v) is 5.13. The highest BCUT2D eigenvalue weighted by Gasteiger charge is 2.47. The topological polar surface area (TPSA) is 59.5 Å². The molecule has 2 aromatic rings. The van der Waals surface area contributed by atoms with Crippen LogP contribution in [0.15, 0.2) is 42.7 Å². The van der Waals surface area contributed by atoms with E-state index in [9.17, 15) is 14.0 Å².